The Morgan fingerprint density at radius 2 is 2.00 bits per heavy atom. The van der Waals surface area contributed by atoms with Gasteiger partial charge >= 0.3 is 0 Å². The van der Waals surface area contributed by atoms with Crippen LogP contribution in [-0.2, 0) is 6.42 Å². The maximum absolute atomic E-state index is 5.81. The number of rotatable bonds is 5. The van der Waals surface area contributed by atoms with Gasteiger partial charge in [0.2, 0.25) is 0 Å². The zero-order chi connectivity index (χ0) is 13.0. The summed E-state index contributed by atoms with van der Waals surface area (Å²) in [6, 6.07) is 0.624. The molecule has 0 aromatic carbocycles. The van der Waals surface area contributed by atoms with Gasteiger partial charge in [0.05, 0.1) is 0 Å². The number of aryl methyl sites for hydroxylation is 1. The molecule has 2 N–H and O–H groups in total. The molecule has 0 saturated heterocycles. The third-order valence-electron chi connectivity index (χ3n) is 4.26. The van der Waals surface area contributed by atoms with Crippen molar-refractivity contribution in [1.82, 2.24) is 14.8 Å². The molecule has 2 rings (SSSR count). The third-order valence-corrected chi connectivity index (χ3v) is 4.26. The number of nitrogens with two attached hydrogens (primary N) is 1. The predicted octanol–water partition coefficient (Wildman–Crippen LogP) is 2.62. The lowest BCUT2D eigenvalue weighted by atomic mass is 9.94. The predicted molar refractivity (Wildman–Crippen MR) is 73.4 cm³/mol. The van der Waals surface area contributed by atoms with E-state index in [0.29, 0.717) is 12.0 Å². The number of hydrogen-bond acceptors (Lipinski definition) is 3. The monoisotopic (exact) mass is 250 g/mol. The van der Waals surface area contributed by atoms with E-state index in [4.69, 9.17) is 5.73 Å². The fourth-order valence-electron chi connectivity index (χ4n) is 3.02. The molecule has 0 radical (unpaired) electrons. The highest BCUT2D eigenvalue weighted by molar-refractivity contribution is 4.99. The van der Waals surface area contributed by atoms with Crippen molar-refractivity contribution in [3.05, 3.63) is 11.6 Å². The Labute approximate surface area is 110 Å². The molecular formula is C14H26N4. The Hall–Kier alpha value is -0.900. The summed E-state index contributed by atoms with van der Waals surface area (Å²) in [4.78, 5) is 0. The van der Waals surface area contributed by atoms with Crippen LogP contribution in [0, 0.1) is 12.8 Å². The molecule has 1 heterocycles. The van der Waals surface area contributed by atoms with Crippen molar-refractivity contribution >= 4 is 0 Å². The van der Waals surface area contributed by atoms with E-state index in [2.05, 4.69) is 28.6 Å². The van der Waals surface area contributed by atoms with E-state index >= 15 is 0 Å². The summed E-state index contributed by atoms with van der Waals surface area (Å²) in [5.41, 5.74) is 5.81. The fraction of sp³-hybridized carbons (Fsp3) is 0.857. The highest BCUT2D eigenvalue weighted by Gasteiger charge is 2.22. The van der Waals surface area contributed by atoms with Gasteiger partial charge in [-0.2, -0.15) is 0 Å². The second-order valence-corrected chi connectivity index (χ2v) is 5.54. The van der Waals surface area contributed by atoms with E-state index in [1.54, 1.807) is 0 Å². The molecule has 1 aliphatic carbocycles. The van der Waals surface area contributed by atoms with Crippen molar-refractivity contribution in [2.75, 3.05) is 6.54 Å². The zero-order valence-electron chi connectivity index (χ0n) is 11.7. The summed E-state index contributed by atoms with van der Waals surface area (Å²) < 4.78 is 2.39. The van der Waals surface area contributed by atoms with Gasteiger partial charge in [-0.25, -0.2) is 0 Å². The smallest absolute Gasteiger partial charge is 0.133 e. The molecule has 0 spiro atoms. The van der Waals surface area contributed by atoms with Crippen LogP contribution in [-0.4, -0.2) is 21.3 Å². The average Bonchev–Trinajstić information content (AvgIpc) is 2.78. The van der Waals surface area contributed by atoms with Crippen LogP contribution in [0.1, 0.15) is 63.1 Å². The molecule has 1 aromatic rings. The van der Waals surface area contributed by atoms with Gasteiger partial charge in [0.1, 0.15) is 11.6 Å². The summed E-state index contributed by atoms with van der Waals surface area (Å²) in [6.45, 7) is 5.02. The number of aromatic nitrogens is 3. The molecule has 0 amide bonds. The van der Waals surface area contributed by atoms with Crippen molar-refractivity contribution < 1.29 is 0 Å². The molecule has 4 nitrogen and oxygen atoms in total. The molecule has 0 bridgehead atoms. The quantitative estimate of drug-likeness (QED) is 0.874. The second-order valence-electron chi connectivity index (χ2n) is 5.54. The van der Waals surface area contributed by atoms with Gasteiger partial charge in [-0.3, -0.25) is 0 Å². The van der Waals surface area contributed by atoms with E-state index in [1.807, 2.05) is 0 Å². The van der Waals surface area contributed by atoms with Crippen LogP contribution in [0.5, 0.6) is 0 Å². The van der Waals surface area contributed by atoms with E-state index in [-0.39, 0.29) is 0 Å². The van der Waals surface area contributed by atoms with Gasteiger partial charge in [0, 0.05) is 12.5 Å². The topological polar surface area (TPSA) is 56.7 Å². The van der Waals surface area contributed by atoms with E-state index in [0.717, 1.165) is 31.0 Å². The first-order valence-corrected chi connectivity index (χ1v) is 7.36. The summed E-state index contributed by atoms with van der Waals surface area (Å²) in [7, 11) is 0. The normalized spacial score (nSPS) is 19.1. The van der Waals surface area contributed by atoms with Crippen molar-refractivity contribution in [1.29, 1.82) is 0 Å². The number of nitrogens with zero attached hydrogens (tertiary/aromatic N) is 3. The zero-order valence-corrected chi connectivity index (χ0v) is 11.7. The van der Waals surface area contributed by atoms with Crippen molar-refractivity contribution in [3.63, 3.8) is 0 Å². The first-order valence-electron chi connectivity index (χ1n) is 7.36. The lowest BCUT2D eigenvalue weighted by molar-refractivity contribution is 0.335. The summed E-state index contributed by atoms with van der Waals surface area (Å²) in [5, 5.41) is 8.67. The van der Waals surface area contributed by atoms with Crippen LogP contribution in [0.4, 0.5) is 0 Å². The van der Waals surface area contributed by atoms with Crippen molar-refractivity contribution in [3.8, 4) is 0 Å². The first-order chi connectivity index (χ1) is 8.76. The van der Waals surface area contributed by atoms with Crippen LogP contribution in [0.3, 0.4) is 0 Å². The highest BCUT2D eigenvalue weighted by atomic mass is 15.3. The molecule has 4 heteroatoms. The third kappa shape index (κ3) is 2.91. The summed E-state index contributed by atoms with van der Waals surface area (Å²) in [6.07, 6.45) is 8.73. The summed E-state index contributed by atoms with van der Waals surface area (Å²) >= 11 is 0. The number of hydrogen-bond donors (Lipinski definition) is 1. The average molecular weight is 250 g/mol. The van der Waals surface area contributed by atoms with E-state index < -0.39 is 0 Å². The molecule has 1 unspecified atom stereocenters. The van der Waals surface area contributed by atoms with Crippen LogP contribution in [0.25, 0.3) is 0 Å². The molecule has 1 fully saturated rings. The molecule has 1 aromatic heterocycles. The largest absolute Gasteiger partial charge is 0.330 e. The maximum atomic E-state index is 5.81. The van der Waals surface area contributed by atoms with Gasteiger partial charge < -0.3 is 10.3 Å². The Morgan fingerprint density at radius 3 is 2.61 bits per heavy atom. The van der Waals surface area contributed by atoms with Crippen LogP contribution >= 0.6 is 0 Å². The molecule has 1 saturated carbocycles. The molecule has 18 heavy (non-hydrogen) atoms. The second kappa shape index (κ2) is 6.32. The molecule has 1 atom stereocenters. The SMILES string of the molecule is CCC(CN)Cc1nnc(C)n1C1CCCCC1. The van der Waals surface area contributed by atoms with Gasteiger partial charge in [0.15, 0.2) is 0 Å². The van der Waals surface area contributed by atoms with Crippen LogP contribution in [0.15, 0.2) is 0 Å². The van der Waals surface area contributed by atoms with Crippen LogP contribution in [0.2, 0.25) is 0 Å². The first kappa shape index (κ1) is 13.5. The van der Waals surface area contributed by atoms with Gasteiger partial charge in [0.25, 0.3) is 0 Å². The maximum Gasteiger partial charge on any atom is 0.133 e. The minimum absolute atomic E-state index is 0.538. The molecule has 0 aliphatic heterocycles. The summed E-state index contributed by atoms with van der Waals surface area (Å²) in [5.74, 6) is 2.76. The fourth-order valence-corrected chi connectivity index (χ4v) is 3.02. The Kier molecular flexibility index (Phi) is 4.75. The van der Waals surface area contributed by atoms with E-state index in [1.165, 1.54) is 32.1 Å². The lowest BCUT2D eigenvalue weighted by Crippen LogP contribution is -2.21. The van der Waals surface area contributed by atoms with Gasteiger partial charge in [-0.05, 0) is 32.2 Å². The lowest BCUT2D eigenvalue weighted by Gasteiger charge is -2.26. The molecule has 1 aliphatic rings. The van der Waals surface area contributed by atoms with Gasteiger partial charge in [-0.1, -0.05) is 32.6 Å². The Bertz CT molecular complexity index is 362. The standard InChI is InChI=1S/C14H26N4/c1-3-12(10-15)9-14-17-16-11(2)18(14)13-7-5-4-6-8-13/h12-13H,3-10,15H2,1-2H3. The van der Waals surface area contributed by atoms with Gasteiger partial charge in [-0.15, -0.1) is 10.2 Å². The van der Waals surface area contributed by atoms with Crippen LogP contribution < -0.4 is 5.73 Å². The minimum atomic E-state index is 0.538. The highest BCUT2D eigenvalue weighted by Crippen LogP contribution is 2.30. The van der Waals surface area contributed by atoms with Crippen molar-refractivity contribution in [2.24, 2.45) is 11.7 Å². The Morgan fingerprint density at radius 1 is 1.28 bits per heavy atom. The Balaban J connectivity index is 2.15. The minimum Gasteiger partial charge on any atom is -0.330 e. The molecular weight excluding hydrogens is 224 g/mol. The van der Waals surface area contributed by atoms with E-state index in [9.17, 15) is 0 Å². The molecule has 102 valence electrons. The van der Waals surface area contributed by atoms with Crippen molar-refractivity contribution in [2.45, 2.75) is 64.8 Å².